The Morgan fingerprint density at radius 3 is 2.29 bits per heavy atom. The lowest BCUT2D eigenvalue weighted by atomic mass is 9.94. The average molecular weight is 320 g/mol. The quantitative estimate of drug-likeness (QED) is 0.569. The number of aliphatic carboxylic acids is 1. The van der Waals surface area contributed by atoms with E-state index in [4.69, 9.17) is 5.11 Å². The molecule has 0 saturated carbocycles. The summed E-state index contributed by atoms with van der Waals surface area (Å²) in [6, 6.07) is -0.303. The zero-order valence-electron chi connectivity index (χ0n) is 13.3. The Hall–Kier alpha value is -1.11. The zero-order valence-corrected chi connectivity index (χ0v) is 14.2. The van der Waals surface area contributed by atoms with E-state index in [0.717, 1.165) is 6.42 Å². The number of carbonyl (C=O) groups is 2. The Bertz CT molecular complexity index is 361. The van der Waals surface area contributed by atoms with Gasteiger partial charge in [-0.05, 0) is 24.7 Å². The van der Waals surface area contributed by atoms with Crippen molar-refractivity contribution in [3.8, 4) is 0 Å². The average Bonchev–Trinajstić information content (AvgIpc) is 2.34. The molecule has 0 aromatic rings. The van der Waals surface area contributed by atoms with Crippen molar-refractivity contribution < 1.29 is 18.9 Å². The normalized spacial score (nSPS) is 15.3. The van der Waals surface area contributed by atoms with Crippen LogP contribution in [0.25, 0.3) is 0 Å². The highest BCUT2D eigenvalue weighted by Gasteiger charge is 2.16. The molecular weight excluding hydrogens is 292 g/mol. The summed E-state index contributed by atoms with van der Waals surface area (Å²) in [5.74, 6) is -0.517. The van der Waals surface area contributed by atoms with Gasteiger partial charge in [0.05, 0.1) is 0 Å². The number of rotatable bonds is 10. The van der Waals surface area contributed by atoms with Gasteiger partial charge in [0.1, 0.15) is 0 Å². The standard InChI is InChI=1S/C14H28N2O4S/c1-10(2)7-12(8-13(17)18)9-16-14(19)15-6-5-11(3)21(4)20/h10-12H,5-9H2,1-4H3,(H,17,18)(H2,15,16,19)/t11?,12-,21?/m0/s1. The number of urea groups is 1. The van der Waals surface area contributed by atoms with Crippen molar-refractivity contribution >= 4 is 22.8 Å². The molecule has 6 nitrogen and oxygen atoms in total. The molecule has 124 valence electrons. The molecule has 3 N–H and O–H groups in total. The SMILES string of the molecule is CC(C)C[C@H](CNC(=O)NCCC(C)S(C)=O)CC(=O)O. The van der Waals surface area contributed by atoms with Crippen molar-refractivity contribution in [3.05, 3.63) is 0 Å². The predicted molar refractivity (Wildman–Crippen MR) is 84.7 cm³/mol. The van der Waals surface area contributed by atoms with Gasteiger partial charge in [-0.2, -0.15) is 0 Å². The molecule has 3 atom stereocenters. The van der Waals surface area contributed by atoms with Gasteiger partial charge in [-0.1, -0.05) is 20.8 Å². The minimum Gasteiger partial charge on any atom is -0.481 e. The van der Waals surface area contributed by atoms with Crippen molar-refractivity contribution in [2.75, 3.05) is 19.3 Å². The van der Waals surface area contributed by atoms with E-state index in [-0.39, 0.29) is 23.6 Å². The van der Waals surface area contributed by atoms with Crippen LogP contribution in [-0.4, -0.2) is 45.9 Å². The topological polar surface area (TPSA) is 95.5 Å². The Morgan fingerprint density at radius 2 is 1.81 bits per heavy atom. The van der Waals surface area contributed by atoms with Gasteiger partial charge in [0.2, 0.25) is 0 Å². The van der Waals surface area contributed by atoms with Crippen LogP contribution in [0.5, 0.6) is 0 Å². The van der Waals surface area contributed by atoms with Crippen LogP contribution in [0.3, 0.4) is 0 Å². The molecule has 0 fully saturated rings. The van der Waals surface area contributed by atoms with E-state index in [1.807, 2.05) is 20.8 Å². The van der Waals surface area contributed by atoms with E-state index in [1.165, 1.54) is 0 Å². The molecule has 0 aromatic heterocycles. The minimum absolute atomic E-state index is 0.0472. The lowest BCUT2D eigenvalue weighted by Gasteiger charge is -2.18. The van der Waals surface area contributed by atoms with Crippen molar-refractivity contribution in [2.24, 2.45) is 11.8 Å². The van der Waals surface area contributed by atoms with Gasteiger partial charge >= 0.3 is 12.0 Å². The van der Waals surface area contributed by atoms with Crippen molar-refractivity contribution in [1.29, 1.82) is 0 Å². The number of hydrogen-bond acceptors (Lipinski definition) is 3. The molecule has 0 rings (SSSR count). The second kappa shape index (κ2) is 10.6. The molecule has 0 aliphatic rings. The first-order chi connectivity index (χ1) is 9.72. The second-order valence-corrected chi connectivity index (χ2v) is 7.63. The number of carboxylic acids is 1. The summed E-state index contributed by atoms with van der Waals surface area (Å²) < 4.78 is 11.2. The van der Waals surface area contributed by atoms with Crippen LogP contribution in [0.4, 0.5) is 4.79 Å². The number of hydrogen-bond donors (Lipinski definition) is 3. The van der Waals surface area contributed by atoms with E-state index in [9.17, 15) is 13.8 Å². The van der Waals surface area contributed by atoms with E-state index < -0.39 is 16.8 Å². The van der Waals surface area contributed by atoms with Crippen molar-refractivity contribution in [2.45, 2.75) is 45.3 Å². The highest BCUT2D eigenvalue weighted by Crippen LogP contribution is 2.14. The van der Waals surface area contributed by atoms with Gasteiger partial charge in [0.25, 0.3) is 0 Å². The molecule has 2 unspecified atom stereocenters. The highest BCUT2D eigenvalue weighted by atomic mass is 32.2. The second-order valence-electron chi connectivity index (χ2n) is 5.83. The first-order valence-corrected chi connectivity index (χ1v) is 8.90. The number of carbonyl (C=O) groups excluding carboxylic acids is 1. The number of nitrogens with one attached hydrogen (secondary N) is 2. The summed E-state index contributed by atoms with van der Waals surface area (Å²) in [4.78, 5) is 22.4. The first kappa shape index (κ1) is 19.9. The van der Waals surface area contributed by atoms with Crippen LogP contribution in [0.1, 0.15) is 40.0 Å². The monoisotopic (exact) mass is 320 g/mol. The maximum absolute atomic E-state index is 11.6. The molecule has 0 radical (unpaired) electrons. The van der Waals surface area contributed by atoms with E-state index in [1.54, 1.807) is 6.26 Å². The molecule has 0 spiro atoms. The van der Waals surface area contributed by atoms with Gasteiger partial charge in [0.15, 0.2) is 0 Å². The fraction of sp³-hybridized carbons (Fsp3) is 0.857. The summed E-state index contributed by atoms with van der Waals surface area (Å²) in [6.07, 6.45) is 3.12. The molecule has 0 saturated heterocycles. The van der Waals surface area contributed by atoms with Gasteiger partial charge in [-0.3, -0.25) is 9.00 Å². The van der Waals surface area contributed by atoms with E-state index >= 15 is 0 Å². The molecule has 0 aliphatic heterocycles. The summed E-state index contributed by atoms with van der Waals surface area (Å²) in [5, 5.41) is 14.3. The molecule has 0 aromatic carbocycles. The van der Waals surface area contributed by atoms with Crippen LogP contribution in [0, 0.1) is 11.8 Å². The fourth-order valence-electron chi connectivity index (χ4n) is 2.01. The minimum atomic E-state index is -0.887. The first-order valence-electron chi connectivity index (χ1n) is 7.28. The lowest BCUT2D eigenvalue weighted by Crippen LogP contribution is -2.40. The van der Waals surface area contributed by atoms with E-state index in [0.29, 0.717) is 25.4 Å². The molecule has 7 heteroatoms. The van der Waals surface area contributed by atoms with Gasteiger partial charge in [-0.25, -0.2) is 4.79 Å². The largest absolute Gasteiger partial charge is 0.481 e. The molecular formula is C14H28N2O4S. The fourth-order valence-corrected chi connectivity index (χ4v) is 2.46. The summed E-state index contributed by atoms with van der Waals surface area (Å²) in [6.45, 7) is 6.75. The third kappa shape index (κ3) is 11.2. The summed E-state index contributed by atoms with van der Waals surface area (Å²) >= 11 is 0. The zero-order chi connectivity index (χ0) is 16.4. The van der Waals surface area contributed by atoms with Gasteiger partial charge in [0, 0.05) is 41.8 Å². The van der Waals surface area contributed by atoms with Crippen LogP contribution in [0.2, 0.25) is 0 Å². The van der Waals surface area contributed by atoms with Gasteiger partial charge in [-0.15, -0.1) is 0 Å². The predicted octanol–water partition coefficient (Wildman–Crippen LogP) is 1.58. The van der Waals surface area contributed by atoms with Crippen molar-refractivity contribution in [1.82, 2.24) is 10.6 Å². The maximum atomic E-state index is 11.6. The number of carboxylic acid groups (broad SMARTS) is 1. The van der Waals surface area contributed by atoms with E-state index in [2.05, 4.69) is 10.6 Å². The molecule has 0 heterocycles. The van der Waals surface area contributed by atoms with Crippen LogP contribution in [-0.2, 0) is 15.6 Å². The molecule has 2 amide bonds. The lowest BCUT2D eigenvalue weighted by molar-refractivity contribution is -0.138. The van der Waals surface area contributed by atoms with Crippen LogP contribution >= 0.6 is 0 Å². The maximum Gasteiger partial charge on any atom is 0.314 e. The summed E-state index contributed by atoms with van der Waals surface area (Å²) in [7, 11) is -0.887. The Balaban J connectivity index is 4.01. The van der Waals surface area contributed by atoms with Gasteiger partial charge < -0.3 is 15.7 Å². The molecule has 21 heavy (non-hydrogen) atoms. The van der Waals surface area contributed by atoms with Crippen LogP contribution in [0.15, 0.2) is 0 Å². The molecule has 0 bridgehead atoms. The van der Waals surface area contributed by atoms with Crippen molar-refractivity contribution in [3.63, 3.8) is 0 Å². The Labute approximate surface area is 129 Å². The molecule has 0 aliphatic carbocycles. The smallest absolute Gasteiger partial charge is 0.314 e. The third-order valence-electron chi connectivity index (χ3n) is 3.22. The highest BCUT2D eigenvalue weighted by molar-refractivity contribution is 7.84. The Kier molecular flexibility index (Phi) is 10.0. The van der Waals surface area contributed by atoms with Crippen LogP contribution < -0.4 is 10.6 Å². The number of amides is 2. The third-order valence-corrected chi connectivity index (χ3v) is 4.59. The Morgan fingerprint density at radius 1 is 1.19 bits per heavy atom. The summed E-state index contributed by atoms with van der Waals surface area (Å²) in [5.41, 5.74) is 0.